The quantitative estimate of drug-likeness (QED) is 0.645. The number of nitrogens with two attached hydrogens (primary N) is 1. The van der Waals surface area contributed by atoms with Crippen molar-refractivity contribution in [3.05, 3.63) is 12.0 Å². The van der Waals surface area contributed by atoms with Crippen molar-refractivity contribution in [2.75, 3.05) is 12.8 Å². The number of hydrogen-bond donors (Lipinski definition) is 1. The summed E-state index contributed by atoms with van der Waals surface area (Å²) in [6.07, 6.45) is 1.52. The van der Waals surface area contributed by atoms with Gasteiger partial charge in [0.1, 0.15) is 5.82 Å². The number of esters is 1. The Morgan fingerprint density at radius 2 is 2.50 bits per heavy atom. The fourth-order valence-electron chi connectivity index (χ4n) is 0.898. The van der Waals surface area contributed by atoms with E-state index in [1.165, 1.54) is 13.4 Å². The number of carbonyl (C=O) groups is 1. The Hall–Kier alpha value is -1.52. The van der Waals surface area contributed by atoms with E-state index in [0.717, 1.165) is 0 Å². The maximum atomic E-state index is 11.0. The van der Waals surface area contributed by atoms with Gasteiger partial charge in [-0.25, -0.2) is 9.78 Å². The van der Waals surface area contributed by atoms with Gasteiger partial charge in [0.15, 0.2) is 5.69 Å². The van der Waals surface area contributed by atoms with Gasteiger partial charge in [0, 0.05) is 6.54 Å². The van der Waals surface area contributed by atoms with Crippen molar-refractivity contribution in [1.82, 2.24) is 9.55 Å². The fourth-order valence-corrected chi connectivity index (χ4v) is 0.898. The van der Waals surface area contributed by atoms with E-state index in [2.05, 4.69) is 9.72 Å². The van der Waals surface area contributed by atoms with Gasteiger partial charge in [-0.15, -0.1) is 0 Å². The van der Waals surface area contributed by atoms with Crippen LogP contribution in [-0.2, 0) is 11.3 Å². The van der Waals surface area contributed by atoms with Crippen LogP contribution in [0, 0.1) is 0 Å². The second-order valence-corrected chi connectivity index (χ2v) is 2.26. The second kappa shape index (κ2) is 3.25. The lowest BCUT2D eigenvalue weighted by molar-refractivity contribution is 0.0596. The Morgan fingerprint density at radius 3 is 2.92 bits per heavy atom. The van der Waals surface area contributed by atoms with Gasteiger partial charge in [0.25, 0.3) is 0 Å². The van der Waals surface area contributed by atoms with Crippen LogP contribution in [0.4, 0.5) is 5.82 Å². The number of imidazole rings is 1. The van der Waals surface area contributed by atoms with Gasteiger partial charge in [0.2, 0.25) is 0 Å². The molecule has 0 fully saturated rings. The zero-order chi connectivity index (χ0) is 9.14. The van der Waals surface area contributed by atoms with E-state index in [4.69, 9.17) is 5.73 Å². The minimum absolute atomic E-state index is 0.180. The van der Waals surface area contributed by atoms with Crippen LogP contribution in [0.25, 0.3) is 0 Å². The Kier molecular flexibility index (Phi) is 2.32. The smallest absolute Gasteiger partial charge is 0.360 e. The topological polar surface area (TPSA) is 70.1 Å². The van der Waals surface area contributed by atoms with Crippen molar-refractivity contribution in [2.45, 2.75) is 13.5 Å². The number of nitrogen functional groups attached to an aromatic ring is 1. The molecule has 0 radical (unpaired) electrons. The first-order valence-corrected chi connectivity index (χ1v) is 3.59. The van der Waals surface area contributed by atoms with Crippen molar-refractivity contribution in [3.63, 3.8) is 0 Å². The average molecular weight is 169 g/mol. The molecule has 2 N–H and O–H groups in total. The number of hydrogen-bond acceptors (Lipinski definition) is 4. The lowest BCUT2D eigenvalue weighted by Gasteiger charge is -1.99. The number of carbonyl (C=O) groups excluding carboxylic acids is 1. The summed E-state index contributed by atoms with van der Waals surface area (Å²) in [5, 5.41) is 0. The molecule has 0 amide bonds. The standard InChI is InChI=1S/C7H11N3O2/c1-3-10-4-9-5(6(10)8)7(11)12-2/h4H,3,8H2,1-2H3. The van der Waals surface area contributed by atoms with Crippen LogP contribution in [0.1, 0.15) is 17.4 Å². The van der Waals surface area contributed by atoms with Crippen LogP contribution < -0.4 is 5.73 Å². The van der Waals surface area contributed by atoms with Crippen molar-refractivity contribution >= 4 is 11.8 Å². The van der Waals surface area contributed by atoms with Crippen LogP contribution in [0.15, 0.2) is 6.33 Å². The highest BCUT2D eigenvalue weighted by atomic mass is 16.5. The van der Waals surface area contributed by atoms with Crippen LogP contribution in [0.5, 0.6) is 0 Å². The van der Waals surface area contributed by atoms with Gasteiger partial charge in [-0.1, -0.05) is 0 Å². The fraction of sp³-hybridized carbons (Fsp3) is 0.429. The zero-order valence-electron chi connectivity index (χ0n) is 7.07. The van der Waals surface area contributed by atoms with Crippen molar-refractivity contribution in [3.8, 4) is 0 Å². The molecular formula is C7H11N3O2. The predicted molar refractivity (Wildman–Crippen MR) is 43.7 cm³/mol. The summed E-state index contributed by atoms with van der Waals surface area (Å²) in [6, 6.07) is 0. The Labute approximate surface area is 70.1 Å². The third-order valence-corrected chi connectivity index (χ3v) is 1.60. The zero-order valence-corrected chi connectivity index (χ0v) is 7.07. The minimum atomic E-state index is -0.500. The molecule has 0 atom stereocenters. The van der Waals surface area contributed by atoms with E-state index in [0.29, 0.717) is 12.4 Å². The van der Waals surface area contributed by atoms with E-state index in [1.807, 2.05) is 6.92 Å². The number of aromatic nitrogens is 2. The highest BCUT2D eigenvalue weighted by molar-refractivity contribution is 5.91. The molecule has 0 aromatic carbocycles. The molecule has 12 heavy (non-hydrogen) atoms. The summed E-state index contributed by atoms with van der Waals surface area (Å²) in [5.74, 6) is -0.149. The summed E-state index contributed by atoms with van der Waals surface area (Å²) in [7, 11) is 1.30. The molecule has 1 aromatic rings. The maximum Gasteiger partial charge on any atom is 0.360 e. The van der Waals surface area contributed by atoms with Gasteiger partial charge < -0.3 is 15.0 Å². The number of methoxy groups -OCH3 is 1. The first-order chi connectivity index (χ1) is 5.70. The monoisotopic (exact) mass is 169 g/mol. The van der Waals surface area contributed by atoms with E-state index in [1.54, 1.807) is 4.57 Å². The summed E-state index contributed by atoms with van der Waals surface area (Å²) in [5.41, 5.74) is 5.77. The number of nitrogens with zero attached hydrogens (tertiary/aromatic N) is 2. The highest BCUT2D eigenvalue weighted by Gasteiger charge is 2.14. The highest BCUT2D eigenvalue weighted by Crippen LogP contribution is 2.10. The maximum absolute atomic E-state index is 11.0. The van der Waals surface area contributed by atoms with Crippen LogP contribution in [0.3, 0.4) is 0 Å². The minimum Gasteiger partial charge on any atom is -0.464 e. The van der Waals surface area contributed by atoms with Gasteiger partial charge in [0.05, 0.1) is 13.4 Å². The lowest BCUT2D eigenvalue weighted by atomic mass is 10.4. The van der Waals surface area contributed by atoms with E-state index in [-0.39, 0.29) is 5.69 Å². The SMILES string of the molecule is CCn1cnc(C(=O)OC)c1N. The molecule has 0 aliphatic heterocycles. The van der Waals surface area contributed by atoms with Crippen LogP contribution in [0.2, 0.25) is 0 Å². The molecule has 5 heteroatoms. The number of rotatable bonds is 2. The molecule has 0 saturated heterocycles. The van der Waals surface area contributed by atoms with Crippen LogP contribution in [-0.4, -0.2) is 22.6 Å². The summed E-state index contributed by atoms with van der Waals surface area (Å²) < 4.78 is 6.15. The summed E-state index contributed by atoms with van der Waals surface area (Å²) >= 11 is 0. The Balaban J connectivity index is 3.02. The third-order valence-electron chi connectivity index (χ3n) is 1.60. The molecule has 1 rings (SSSR count). The first kappa shape index (κ1) is 8.58. The van der Waals surface area contributed by atoms with Gasteiger partial charge in [-0.05, 0) is 6.92 Å². The Bertz CT molecular complexity index is 293. The first-order valence-electron chi connectivity index (χ1n) is 3.59. The summed E-state index contributed by atoms with van der Waals surface area (Å²) in [4.78, 5) is 14.8. The van der Waals surface area contributed by atoms with Gasteiger partial charge >= 0.3 is 5.97 Å². The normalized spacial score (nSPS) is 9.83. The van der Waals surface area contributed by atoms with Crippen molar-refractivity contribution in [2.24, 2.45) is 0 Å². The molecular weight excluding hydrogens is 158 g/mol. The predicted octanol–water partition coefficient (Wildman–Crippen LogP) is 0.272. The number of anilines is 1. The molecule has 5 nitrogen and oxygen atoms in total. The molecule has 0 aliphatic rings. The van der Waals surface area contributed by atoms with E-state index in [9.17, 15) is 4.79 Å². The number of ether oxygens (including phenoxy) is 1. The second-order valence-electron chi connectivity index (χ2n) is 2.26. The molecule has 1 heterocycles. The molecule has 0 bridgehead atoms. The molecule has 0 saturated carbocycles. The lowest BCUT2D eigenvalue weighted by Crippen LogP contribution is -2.07. The molecule has 1 aromatic heterocycles. The average Bonchev–Trinajstić information content (AvgIpc) is 2.45. The third kappa shape index (κ3) is 1.25. The summed E-state index contributed by atoms with van der Waals surface area (Å²) in [6.45, 7) is 2.61. The largest absolute Gasteiger partial charge is 0.464 e. The molecule has 66 valence electrons. The molecule has 0 spiro atoms. The van der Waals surface area contributed by atoms with Crippen molar-refractivity contribution in [1.29, 1.82) is 0 Å². The van der Waals surface area contributed by atoms with Crippen LogP contribution >= 0.6 is 0 Å². The van der Waals surface area contributed by atoms with Gasteiger partial charge in [-0.3, -0.25) is 0 Å². The molecule has 0 aliphatic carbocycles. The number of aryl methyl sites for hydroxylation is 1. The van der Waals surface area contributed by atoms with Gasteiger partial charge in [-0.2, -0.15) is 0 Å². The Morgan fingerprint density at radius 1 is 1.83 bits per heavy atom. The van der Waals surface area contributed by atoms with Crippen molar-refractivity contribution < 1.29 is 9.53 Å². The molecule has 0 unspecified atom stereocenters. The van der Waals surface area contributed by atoms with E-state index >= 15 is 0 Å². The van der Waals surface area contributed by atoms with E-state index < -0.39 is 5.97 Å².